The van der Waals surface area contributed by atoms with Gasteiger partial charge in [-0.2, -0.15) is 0 Å². The maximum atomic E-state index is 14.0. The van der Waals surface area contributed by atoms with Crippen molar-refractivity contribution >= 4 is 39.3 Å². The van der Waals surface area contributed by atoms with Crippen molar-refractivity contribution in [3.63, 3.8) is 0 Å². The molecule has 0 aromatic carbocycles. The van der Waals surface area contributed by atoms with Gasteiger partial charge in [-0.3, -0.25) is 0 Å². The van der Waals surface area contributed by atoms with Crippen LogP contribution in [0.5, 0.6) is 0 Å². The van der Waals surface area contributed by atoms with Gasteiger partial charge in [-0.25, -0.2) is 33.7 Å². The monoisotopic (exact) mass is 730 g/mol. The van der Waals surface area contributed by atoms with E-state index < -0.39 is 98.1 Å². The van der Waals surface area contributed by atoms with Crippen LogP contribution < -0.4 is 10.6 Å². The molecule has 4 heterocycles. The first-order chi connectivity index (χ1) is 20.1. The van der Waals surface area contributed by atoms with Gasteiger partial charge in [0.15, 0.2) is 47.5 Å². The molecule has 0 aliphatic carbocycles. The van der Waals surface area contributed by atoms with Gasteiger partial charge in [0.1, 0.15) is 0 Å². The van der Waals surface area contributed by atoms with E-state index in [0.29, 0.717) is 0 Å². The zero-order valence-electron chi connectivity index (χ0n) is 28.8. The molecule has 4 rings (SSSR count). The molecule has 3 spiro atoms. The normalized spacial score (nSPS) is 30.2. The van der Waals surface area contributed by atoms with Gasteiger partial charge in [-0.1, -0.05) is 0 Å². The zero-order chi connectivity index (χ0) is 36.6. The molecular formula is C27H58N2O12S4. The minimum atomic E-state index is -4.46. The van der Waals surface area contributed by atoms with E-state index in [1.54, 1.807) is 55.4 Å². The molecule has 45 heavy (non-hydrogen) atoms. The summed E-state index contributed by atoms with van der Waals surface area (Å²) in [5.74, 6) is -3.15. The molecule has 6 N–H and O–H groups in total. The fourth-order valence-corrected chi connectivity index (χ4v) is 23.2. The number of hydrogen-bond acceptors (Lipinski definition) is 14. The lowest BCUT2D eigenvalue weighted by molar-refractivity contribution is 0.165. The van der Waals surface area contributed by atoms with Crippen molar-refractivity contribution in [2.75, 3.05) is 51.5 Å². The van der Waals surface area contributed by atoms with E-state index in [1.165, 1.54) is 0 Å². The summed E-state index contributed by atoms with van der Waals surface area (Å²) in [6.07, 6.45) is -0.771. The molecule has 0 aromatic heterocycles. The lowest BCUT2D eigenvalue weighted by Crippen LogP contribution is -2.75. The Bertz CT molecular complexity index is 1240. The molecule has 0 bridgehead atoms. The van der Waals surface area contributed by atoms with Gasteiger partial charge in [-0.15, -0.1) is 0 Å². The Hall–Kier alpha value is -0.440. The van der Waals surface area contributed by atoms with Crippen LogP contribution in [-0.2, 0) is 39.3 Å². The van der Waals surface area contributed by atoms with Crippen LogP contribution in [0, 0.1) is 5.41 Å². The van der Waals surface area contributed by atoms with Crippen molar-refractivity contribution in [1.29, 1.82) is 0 Å². The zero-order valence-corrected chi connectivity index (χ0v) is 32.1. The smallest absolute Gasteiger partial charge is 0.176 e. The van der Waals surface area contributed by atoms with Crippen molar-refractivity contribution in [1.82, 2.24) is 10.6 Å². The van der Waals surface area contributed by atoms with Crippen LogP contribution in [0.1, 0.15) is 81.1 Å². The lowest BCUT2D eigenvalue weighted by atomic mass is 9.82. The number of piperidine rings is 2. The van der Waals surface area contributed by atoms with Crippen molar-refractivity contribution in [2.24, 2.45) is 5.41 Å². The second kappa shape index (κ2) is 13.8. The van der Waals surface area contributed by atoms with E-state index in [9.17, 15) is 33.7 Å². The standard InChI is InChI=1S/C23H42N2O8S4.4CH4O/c1-17(2)9-22(10-18(3,4)24-17)34(26,27)13-21(14-35(22,28)29)15-36(30,31)23(37(32,33)16-21)11-19(5,6)25-20(7,8)12-23;4*1-2/h24-25H,9-16H2,1-8H3;4*2H,1H3. The second-order valence-electron chi connectivity index (χ2n) is 14.9. The summed E-state index contributed by atoms with van der Waals surface area (Å²) in [6.45, 7) is 13.9. The molecule has 0 amide bonds. The van der Waals surface area contributed by atoms with Gasteiger partial charge >= 0.3 is 0 Å². The summed E-state index contributed by atoms with van der Waals surface area (Å²) in [5.41, 5.74) is -5.24. The van der Waals surface area contributed by atoms with E-state index in [1.807, 2.05) is 0 Å². The Kier molecular flexibility index (Phi) is 13.7. The van der Waals surface area contributed by atoms with Crippen LogP contribution >= 0.6 is 0 Å². The predicted octanol–water partition coefficient (Wildman–Crippen LogP) is -0.633. The Morgan fingerprint density at radius 3 is 0.689 bits per heavy atom. The highest BCUT2D eigenvalue weighted by molar-refractivity contribution is 8.12. The highest BCUT2D eigenvalue weighted by atomic mass is 32.3. The lowest BCUT2D eigenvalue weighted by Gasteiger charge is -2.58. The molecule has 18 heteroatoms. The molecule has 272 valence electrons. The molecule has 0 aromatic rings. The number of aliphatic hydroxyl groups is 4. The van der Waals surface area contributed by atoms with E-state index in [-0.39, 0.29) is 25.7 Å². The molecule has 4 fully saturated rings. The molecule has 0 atom stereocenters. The average Bonchev–Trinajstić information content (AvgIpc) is 2.82. The average molecular weight is 731 g/mol. The van der Waals surface area contributed by atoms with Crippen LogP contribution in [0.4, 0.5) is 0 Å². The summed E-state index contributed by atoms with van der Waals surface area (Å²) >= 11 is 0. The molecular weight excluding hydrogens is 673 g/mol. The fraction of sp³-hybridized carbons (Fsp3) is 1.00. The third-order valence-corrected chi connectivity index (χ3v) is 21.2. The van der Waals surface area contributed by atoms with Gasteiger partial charge in [0.05, 0.1) is 23.0 Å². The van der Waals surface area contributed by atoms with Gasteiger partial charge in [0.25, 0.3) is 0 Å². The van der Waals surface area contributed by atoms with E-state index in [4.69, 9.17) is 20.4 Å². The van der Waals surface area contributed by atoms with Crippen molar-refractivity contribution < 1.29 is 54.1 Å². The Balaban J connectivity index is 0.00000224. The van der Waals surface area contributed by atoms with E-state index >= 15 is 0 Å². The minimum absolute atomic E-state index is 0.193. The van der Waals surface area contributed by atoms with Crippen LogP contribution in [0.15, 0.2) is 0 Å². The van der Waals surface area contributed by atoms with Crippen LogP contribution in [0.3, 0.4) is 0 Å². The third kappa shape index (κ3) is 8.24. The maximum absolute atomic E-state index is 14.0. The number of rotatable bonds is 0. The highest BCUT2D eigenvalue weighted by Gasteiger charge is 2.73. The van der Waals surface area contributed by atoms with Gasteiger partial charge < -0.3 is 31.1 Å². The molecule has 4 aliphatic heterocycles. The number of sulfone groups is 4. The molecule has 0 unspecified atom stereocenters. The number of hydrogen-bond donors (Lipinski definition) is 6. The third-order valence-electron chi connectivity index (χ3n) is 8.45. The first-order valence-corrected chi connectivity index (χ1v) is 20.9. The fourth-order valence-electron chi connectivity index (χ4n) is 8.48. The number of aliphatic hydroxyl groups excluding tert-OH is 4. The molecule has 4 aliphatic rings. The number of nitrogens with one attached hydrogen (secondary N) is 2. The maximum Gasteiger partial charge on any atom is 0.176 e. The Morgan fingerprint density at radius 1 is 0.378 bits per heavy atom. The minimum Gasteiger partial charge on any atom is -0.400 e. The largest absolute Gasteiger partial charge is 0.400 e. The highest BCUT2D eigenvalue weighted by Crippen LogP contribution is 2.56. The second-order valence-corrected chi connectivity index (χ2v) is 24.6. The molecule has 0 radical (unpaired) electrons. The Labute approximate surface area is 271 Å². The summed E-state index contributed by atoms with van der Waals surface area (Å²) in [4.78, 5) is 0. The summed E-state index contributed by atoms with van der Waals surface area (Å²) in [6, 6.07) is 0. The van der Waals surface area contributed by atoms with Crippen molar-refractivity contribution in [3.05, 3.63) is 0 Å². The van der Waals surface area contributed by atoms with E-state index in [0.717, 1.165) is 28.4 Å². The summed E-state index contributed by atoms with van der Waals surface area (Å²) in [5, 5.41) is 34.6. The van der Waals surface area contributed by atoms with Crippen molar-refractivity contribution in [3.8, 4) is 0 Å². The Morgan fingerprint density at radius 2 is 0.533 bits per heavy atom. The first kappa shape index (κ1) is 44.6. The van der Waals surface area contributed by atoms with Crippen LogP contribution in [0.25, 0.3) is 0 Å². The van der Waals surface area contributed by atoms with E-state index in [2.05, 4.69) is 10.6 Å². The summed E-state index contributed by atoms with van der Waals surface area (Å²) < 4.78 is 108. The van der Waals surface area contributed by atoms with Crippen LogP contribution in [0.2, 0.25) is 0 Å². The predicted molar refractivity (Wildman–Crippen MR) is 177 cm³/mol. The van der Waals surface area contributed by atoms with Gasteiger partial charge in [-0.05, 0) is 81.1 Å². The molecule has 0 saturated carbocycles. The SMILES string of the molecule is CC1(C)CC2(CC(C)(C)N1)S(=O)(=O)CC1(CS2(=O)=O)CS(=O)(=O)C2(CC(C)(C)NC(C)(C)C2)S(=O)(=O)C1.CO.CO.CO.CO. The quantitative estimate of drug-likeness (QED) is 0.182. The van der Waals surface area contributed by atoms with Crippen molar-refractivity contribution in [2.45, 2.75) is 111 Å². The first-order valence-electron chi connectivity index (χ1n) is 14.3. The van der Waals surface area contributed by atoms with Gasteiger partial charge in [0.2, 0.25) is 0 Å². The topological polar surface area (TPSA) is 242 Å². The van der Waals surface area contributed by atoms with Crippen LogP contribution in [-0.4, -0.2) is 136 Å². The van der Waals surface area contributed by atoms with Gasteiger partial charge in [0, 0.05) is 56.0 Å². The molecule has 14 nitrogen and oxygen atoms in total. The molecule has 4 saturated heterocycles. The summed E-state index contributed by atoms with van der Waals surface area (Å²) in [7, 11) is -13.8.